The zero-order chi connectivity index (χ0) is 12.4. The molecule has 96 valence electrons. The standard InChI is InChI=1S/C14H19N3S/c15-9-13-3-4-14(18-13)10-16-11-5-7-17-6-1-2-12(17)8-11/h3-4,11-12,16H,1-2,5-8,10H2. The zero-order valence-corrected chi connectivity index (χ0v) is 11.4. The van der Waals surface area contributed by atoms with E-state index in [-0.39, 0.29) is 0 Å². The van der Waals surface area contributed by atoms with Crippen molar-refractivity contribution in [3.63, 3.8) is 0 Å². The molecule has 2 aliphatic heterocycles. The van der Waals surface area contributed by atoms with Crippen molar-refractivity contribution in [2.75, 3.05) is 13.1 Å². The second-order valence-electron chi connectivity index (χ2n) is 5.31. The Labute approximate surface area is 112 Å². The highest BCUT2D eigenvalue weighted by Crippen LogP contribution is 2.27. The van der Waals surface area contributed by atoms with Crippen LogP contribution < -0.4 is 5.32 Å². The molecule has 2 saturated heterocycles. The molecule has 0 aromatic carbocycles. The summed E-state index contributed by atoms with van der Waals surface area (Å²) < 4.78 is 0. The van der Waals surface area contributed by atoms with E-state index in [1.54, 1.807) is 11.3 Å². The minimum absolute atomic E-state index is 0.664. The second kappa shape index (κ2) is 5.40. The summed E-state index contributed by atoms with van der Waals surface area (Å²) in [5, 5.41) is 12.5. The third-order valence-corrected chi connectivity index (χ3v) is 5.15. The van der Waals surface area contributed by atoms with Gasteiger partial charge < -0.3 is 10.2 Å². The molecule has 4 heteroatoms. The summed E-state index contributed by atoms with van der Waals surface area (Å²) >= 11 is 1.61. The van der Waals surface area contributed by atoms with E-state index in [4.69, 9.17) is 5.26 Å². The third kappa shape index (κ3) is 2.59. The van der Waals surface area contributed by atoms with Crippen LogP contribution in [0.2, 0.25) is 0 Å². The highest BCUT2D eigenvalue weighted by atomic mass is 32.1. The van der Waals surface area contributed by atoms with Gasteiger partial charge in [0, 0.05) is 23.5 Å². The Bertz CT molecular complexity index is 448. The summed E-state index contributed by atoms with van der Waals surface area (Å²) in [6.07, 6.45) is 5.34. The maximum Gasteiger partial charge on any atom is 0.110 e. The lowest BCUT2D eigenvalue weighted by molar-refractivity contribution is 0.166. The van der Waals surface area contributed by atoms with Gasteiger partial charge in [0.1, 0.15) is 10.9 Å². The summed E-state index contributed by atoms with van der Waals surface area (Å²) in [5.41, 5.74) is 0. The molecule has 1 aromatic rings. The first kappa shape index (κ1) is 12.2. The normalized spacial score (nSPS) is 27.9. The molecule has 1 N–H and O–H groups in total. The number of fused-ring (bicyclic) bond motifs is 1. The fraction of sp³-hybridized carbons (Fsp3) is 0.643. The number of nitriles is 1. The van der Waals surface area contributed by atoms with Crippen molar-refractivity contribution in [3.05, 3.63) is 21.9 Å². The third-order valence-electron chi connectivity index (χ3n) is 4.16. The molecular weight excluding hydrogens is 242 g/mol. The van der Waals surface area contributed by atoms with Gasteiger partial charge in [-0.25, -0.2) is 0 Å². The van der Waals surface area contributed by atoms with Crippen molar-refractivity contribution in [2.24, 2.45) is 0 Å². The summed E-state index contributed by atoms with van der Waals surface area (Å²) in [6, 6.07) is 7.68. The molecule has 0 spiro atoms. The maximum absolute atomic E-state index is 8.81. The van der Waals surface area contributed by atoms with Crippen molar-refractivity contribution in [3.8, 4) is 6.07 Å². The lowest BCUT2D eigenvalue weighted by Crippen LogP contribution is -2.45. The average molecular weight is 261 g/mol. The van der Waals surface area contributed by atoms with Crippen LogP contribution in [0.25, 0.3) is 0 Å². The van der Waals surface area contributed by atoms with Gasteiger partial charge in [-0.1, -0.05) is 0 Å². The van der Waals surface area contributed by atoms with Crippen LogP contribution in [-0.4, -0.2) is 30.1 Å². The van der Waals surface area contributed by atoms with Gasteiger partial charge in [0.05, 0.1) is 0 Å². The molecule has 1 aromatic heterocycles. The molecule has 3 heterocycles. The Morgan fingerprint density at radius 1 is 1.39 bits per heavy atom. The van der Waals surface area contributed by atoms with E-state index in [0.29, 0.717) is 6.04 Å². The predicted molar refractivity (Wildman–Crippen MR) is 73.5 cm³/mol. The molecule has 2 unspecified atom stereocenters. The van der Waals surface area contributed by atoms with E-state index in [2.05, 4.69) is 22.4 Å². The molecular formula is C14H19N3S. The fourth-order valence-electron chi connectivity index (χ4n) is 3.19. The molecule has 3 nitrogen and oxygen atoms in total. The molecule has 2 aliphatic rings. The van der Waals surface area contributed by atoms with Gasteiger partial charge in [-0.05, 0) is 50.9 Å². The molecule has 0 radical (unpaired) electrons. The van der Waals surface area contributed by atoms with Gasteiger partial charge in [0.2, 0.25) is 0 Å². The van der Waals surface area contributed by atoms with Crippen LogP contribution in [0.5, 0.6) is 0 Å². The molecule has 2 fully saturated rings. The Kier molecular flexibility index (Phi) is 3.64. The Hall–Kier alpha value is -0.890. The van der Waals surface area contributed by atoms with Gasteiger partial charge >= 0.3 is 0 Å². The molecule has 2 atom stereocenters. The van der Waals surface area contributed by atoms with Crippen molar-refractivity contribution in [1.82, 2.24) is 10.2 Å². The lowest BCUT2D eigenvalue weighted by atomic mass is 9.97. The van der Waals surface area contributed by atoms with E-state index < -0.39 is 0 Å². The second-order valence-corrected chi connectivity index (χ2v) is 6.48. The molecule has 0 bridgehead atoms. The maximum atomic E-state index is 8.81. The quantitative estimate of drug-likeness (QED) is 0.907. The van der Waals surface area contributed by atoms with Crippen molar-refractivity contribution in [2.45, 2.75) is 44.3 Å². The number of piperidine rings is 1. The van der Waals surface area contributed by atoms with Crippen LogP contribution in [-0.2, 0) is 6.54 Å². The smallest absolute Gasteiger partial charge is 0.110 e. The number of nitrogens with zero attached hydrogens (tertiary/aromatic N) is 2. The number of hydrogen-bond acceptors (Lipinski definition) is 4. The van der Waals surface area contributed by atoms with Crippen LogP contribution in [0.3, 0.4) is 0 Å². The number of nitrogens with one attached hydrogen (secondary N) is 1. The summed E-state index contributed by atoms with van der Waals surface area (Å²) in [7, 11) is 0. The first-order valence-electron chi connectivity index (χ1n) is 6.81. The summed E-state index contributed by atoms with van der Waals surface area (Å²) in [5.74, 6) is 0. The SMILES string of the molecule is N#Cc1ccc(CNC2CCN3CCCC3C2)s1. The highest BCUT2D eigenvalue weighted by molar-refractivity contribution is 7.12. The van der Waals surface area contributed by atoms with Gasteiger partial charge in [-0.15, -0.1) is 11.3 Å². The first-order valence-corrected chi connectivity index (χ1v) is 7.63. The Morgan fingerprint density at radius 3 is 3.17 bits per heavy atom. The van der Waals surface area contributed by atoms with E-state index in [1.165, 1.54) is 43.6 Å². The van der Waals surface area contributed by atoms with Crippen LogP contribution in [0.1, 0.15) is 35.4 Å². The number of hydrogen-bond donors (Lipinski definition) is 1. The van der Waals surface area contributed by atoms with Crippen LogP contribution in [0.15, 0.2) is 12.1 Å². The summed E-state index contributed by atoms with van der Waals surface area (Å²) in [6.45, 7) is 3.49. The van der Waals surface area contributed by atoms with E-state index in [0.717, 1.165) is 17.5 Å². The van der Waals surface area contributed by atoms with Gasteiger partial charge in [0.15, 0.2) is 0 Å². The van der Waals surface area contributed by atoms with Crippen LogP contribution in [0, 0.1) is 11.3 Å². The van der Waals surface area contributed by atoms with Crippen molar-refractivity contribution < 1.29 is 0 Å². The predicted octanol–water partition coefficient (Wildman–Crippen LogP) is 2.34. The zero-order valence-electron chi connectivity index (χ0n) is 10.6. The van der Waals surface area contributed by atoms with Crippen LogP contribution >= 0.6 is 11.3 Å². The minimum atomic E-state index is 0.664. The topological polar surface area (TPSA) is 39.1 Å². The molecule has 0 amide bonds. The molecule has 18 heavy (non-hydrogen) atoms. The minimum Gasteiger partial charge on any atom is -0.309 e. The molecule has 3 rings (SSSR count). The average Bonchev–Trinajstić information content (AvgIpc) is 3.04. The van der Waals surface area contributed by atoms with Gasteiger partial charge in [-0.2, -0.15) is 5.26 Å². The monoisotopic (exact) mass is 261 g/mol. The summed E-state index contributed by atoms with van der Waals surface area (Å²) in [4.78, 5) is 4.75. The van der Waals surface area contributed by atoms with Gasteiger partial charge in [-0.3, -0.25) is 0 Å². The highest BCUT2D eigenvalue weighted by Gasteiger charge is 2.31. The largest absolute Gasteiger partial charge is 0.309 e. The molecule has 0 aliphatic carbocycles. The van der Waals surface area contributed by atoms with E-state index in [1.807, 2.05) is 6.07 Å². The Morgan fingerprint density at radius 2 is 2.33 bits per heavy atom. The molecule has 0 saturated carbocycles. The fourth-order valence-corrected chi connectivity index (χ4v) is 3.94. The van der Waals surface area contributed by atoms with Crippen molar-refractivity contribution in [1.29, 1.82) is 5.26 Å². The first-order chi connectivity index (χ1) is 8.85. The van der Waals surface area contributed by atoms with Crippen LogP contribution in [0.4, 0.5) is 0 Å². The van der Waals surface area contributed by atoms with E-state index >= 15 is 0 Å². The lowest BCUT2D eigenvalue weighted by Gasteiger charge is -2.35. The Balaban J connectivity index is 1.50. The van der Waals surface area contributed by atoms with E-state index in [9.17, 15) is 0 Å². The number of thiophene rings is 1. The van der Waals surface area contributed by atoms with Crippen molar-refractivity contribution >= 4 is 11.3 Å². The van der Waals surface area contributed by atoms with Gasteiger partial charge in [0.25, 0.3) is 0 Å². The number of rotatable bonds is 3.